The lowest BCUT2D eigenvalue weighted by atomic mass is 10.2. The fraction of sp³-hybridized carbons (Fsp3) is 0.364. The maximum atomic E-state index is 11.4. The van der Waals surface area contributed by atoms with Gasteiger partial charge in [-0.2, -0.15) is 0 Å². The highest BCUT2D eigenvalue weighted by molar-refractivity contribution is 5.79. The van der Waals surface area contributed by atoms with Gasteiger partial charge in [0.1, 0.15) is 6.04 Å². The molecule has 0 unspecified atom stereocenters. The molecule has 108 valence electrons. The third-order valence-corrected chi connectivity index (χ3v) is 2.39. The van der Waals surface area contributed by atoms with E-state index in [1.54, 1.807) is 6.92 Å². The normalized spacial score (nSPS) is 11.5. The molecule has 0 spiro atoms. The number of hydrogen-bond acceptors (Lipinski definition) is 7. The number of benzene rings is 1. The standard InChI is InChI=1S/C11H13N3O6/c1-3-20-11(15)7(2)12-8-4-5-9(13(16)17)10(6-8)14(18)19/h4-7,12H,3H2,1-2H3/t7-/m0/s1. The van der Waals surface area contributed by atoms with Crippen molar-refractivity contribution in [2.24, 2.45) is 0 Å². The van der Waals surface area contributed by atoms with Gasteiger partial charge in [-0.05, 0) is 19.9 Å². The predicted molar refractivity (Wildman–Crippen MR) is 69.5 cm³/mol. The molecule has 0 saturated carbocycles. The van der Waals surface area contributed by atoms with E-state index >= 15 is 0 Å². The van der Waals surface area contributed by atoms with Gasteiger partial charge in [-0.15, -0.1) is 0 Å². The average molecular weight is 283 g/mol. The Kier molecular flexibility index (Phi) is 4.95. The first-order valence-corrected chi connectivity index (χ1v) is 5.72. The van der Waals surface area contributed by atoms with E-state index < -0.39 is 33.2 Å². The van der Waals surface area contributed by atoms with Crippen LogP contribution in [-0.4, -0.2) is 28.5 Å². The molecule has 20 heavy (non-hydrogen) atoms. The molecule has 9 nitrogen and oxygen atoms in total. The van der Waals surface area contributed by atoms with Crippen molar-refractivity contribution in [2.75, 3.05) is 11.9 Å². The van der Waals surface area contributed by atoms with Crippen molar-refractivity contribution in [3.8, 4) is 0 Å². The van der Waals surface area contributed by atoms with Gasteiger partial charge in [0.2, 0.25) is 0 Å². The maximum absolute atomic E-state index is 11.4. The molecule has 0 radical (unpaired) electrons. The van der Waals surface area contributed by atoms with E-state index in [9.17, 15) is 25.0 Å². The quantitative estimate of drug-likeness (QED) is 0.479. The predicted octanol–water partition coefficient (Wildman–Crippen LogP) is 1.87. The molecular formula is C11H13N3O6. The van der Waals surface area contributed by atoms with E-state index in [4.69, 9.17) is 4.74 Å². The van der Waals surface area contributed by atoms with E-state index in [0.29, 0.717) is 0 Å². The van der Waals surface area contributed by atoms with Gasteiger partial charge in [-0.1, -0.05) is 0 Å². The highest BCUT2D eigenvalue weighted by atomic mass is 16.6. The van der Waals surface area contributed by atoms with Crippen LogP contribution in [0.15, 0.2) is 18.2 Å². The lowest BCUT2D eigenvalue weighted by Gasteiger charge is -2.13. The molecule has 0 heterocycles. The summed E-state index contributed by atoms with van der Waals surface area (Å²) >= 11 is 0. The van der Waals surface area contributed by atoms with Gasteiger partial charge in [0.05, 0.1) is 16.5 Å². The first-order chi connectivity index (χ1) is 9.36. The monoisotopic (exact) mass is 283 g/mol. The molecule has 1 aromatic rings. The SMILES string of the molecule is CCOC(=O)[C@H](C)Nc1ccc([N+](=O)[O-])c([N+](=O)[O-])c1. The van der Waals surface area contributed by atoms with Crippen LogP contribution in [0.1, 0.15) is 13.8 Å². The molecule has 0 aliphatic carbocycles. The van der Waals surface area contributed by atoms with Crippen LogP contribution < -0.4 is 5.32 Å². The van der Waals surface area contributed by atoms with Gasteiger partial charge >= 0.3 is 17.3 Å². The number of nitro benzene ring substituents is 2. The van der Waals surface area contributed by atoms with E-state index in [1.165, 1.54) is 13.0 Å². The molecule has 0 bridgehead atoms. The van der Waals surface area contributed by atoms with E-state index in [-0.39, 0.29) is 12.3 Å². The van der Waals surface area contributed by atoms with Crippen LogP contribution in [0.2, 0.25) is 0 Å². The van der Waals surface area contributed by atoms with E-state index in [1.807, 2.05) is 0 Å². The molecule has 1 rings (SSSR count). The summed E-state index contributed by atoms with van der Waals surface area (Å²) in [5.41, 5.74) is -1.02. The second-order valence-electron chi connectivity index (χ2n) is 3.84. The summed E-state index contributed by atoms with van der Waals surface area (Å²) in [5.74, 6) is -0.520. The summed E-state index contributed by atoms with van der Waals surface area (Å²) in [6, 6.07) is 2.59. The minimum Gasteiger partial charge on any atom is -0.464 e. The molecule has 1 N–H and O–H groups in total. The third-order valence-electron chi connectivity index (χ3n) is 2.39. The smallest absolute Gasteiger partial charge is 0.348 e. The van der Waals surface area contributed by atoms with Crippen LogP contribution in [-0.2, 0) is 9.53 Å². The Labute approximate surface area is 113 Å². The van der Waals surface area contributed by atoms with Crippen LogP contribution in [0.4, 0.5) is 17.1 Å². The number of ether oxygens (including phenoxy) is 1. The van der Waals surface area contributed by atoms with Crippen molar-refractivity contribution in [3.63, 3.8) is 0 Å². The first-order valence-electron chi connectivity index (χ1n) is 5.72. The molecule has 1 aromatic carbocycles. The fourth-order valence-electron chi connectivity index (χ4n) is 1.49. The summed E-state index contributed by atoms with van der Waals surface area (Å²) in [5, 5.41) is 24.1. The Balaban J connectivity index is 2.98. The molecule has 1 atom stereocenters. The highest BCUT2D eigenvalue weighted by Crippen LogP contribution is 2.29. The van der Waals surface area contributed by atoms with E-state index in [2.05, 4.69) is 5.32 Å². The Morgan fingerprint density at radius 1 is 1.30 bits per heavy atom. The number of hydrogen-bond donors (Lipinski definition) is 1. The van der Waals surface area contributed by atoms with Gasteiger partial charge in [0.25, 0.3) is 0 Å². The Hall–Kier alpha value is -2.71. The summed E-state index contributed by atoms with van der Waals surface area (Å²) in [6.07, 6.45) is 0. The molecule has 9 heteroatoms. The van der Waals surface area contributed by atoms with Crippen molar-refractivity contribution in [2.45, 2.75) is 19.9 Å². The minimum atomic E-state index is -0.849. The summed E-state index contributed by atoms with van der Waals surface area (Å²) in [6.45, 7) is 3.39. The Morgan fingerprint density at radius 2 is 1.90 bits per heavy atom. The fourth-order valence-corrected chi connectivity index (χ4v) is 1.49. The van der Waals surface area contributed by atoms with Gasteiger partial charge in [0.15, 0.2) is 0 Å². The second-order valence-corrected chi connectivity index (χ2v) is 3.84. The van der Waals surface area contributed by atoms with Crippen molar-refractivity contribution in [3.05, 3.63) is 38.4 Å². The molecule has 0 aromatic heterocycles. The van der Waals surface area contributed by atoms with Crippen LogP contribution in [0.3, 0.4) is 0 Å². The number of carbonyl (C=O) groups excluding carboxylic acids is 1. The largest absolute Gasteiger partial charge is 0.464 e. The molecular weight excluding hydrogens is 270 g/mol. The Morgan fingerprint density at radius 3 is 2.40 bits per heavy atom. The number of nitrogens with one attached hydrogen (secondary N) is 1. The van der Waals surface area contributed by atoms with Crippen molar-refractivity contribution in [1.82, 2.24) is 0 Å². The first kappa shape index (κ1) is 15.3. The molecule has 0 aliphatic rings. The third kappa shape index (κ3) is 3.64. The lowest BCUT2D eigenvalue weighted by molar-refractivity contribution is -0.422. The highest BCUT2D eigenvalue weighted by Gasteiger charge is 2.25. The number of rotatable bonds is 6. The van der Waals surface area contributed by atoms with Gasteiger partial charge in [-0.25, -0.2) is 4.79 Å². The maximum Gasteiger partial charge on any atom is 0.348 e. The van der Waals surface area contributed by atoms with Crippen LogP contribution in [0.5, 0.6) is 0 Å². The number of anilines is 1. The van der Waals surface area contributed by atoms with Crippen LogP contribution in [0, 0.1) is 20.2 Å². The molecule has 0 fully saturated rings. The zero-order valence-corrected chi connectivity index (χ0v) is 10.9. The molecule has 0 amide bonds. The molecule has 0 saturated heterocycles. The van der Waals surface area contributed by atoms with E-state index in [0.717, 1.165) is 12.1 Å². The second kappa shape index (κ2) is 6.45. The number of nitro groups is 2. The average Bonchev–Trinajstić information content (AvgIpc) is 2.38. The number of esters is 1. The lowest BCUT2D eigenvalue weighted by Crippen LogP contribution is -2.28. The zero-order chi connectivity index (χ0) is 15.3. The van der Waals surface area contributed by atoms with Crippen molar-refractivity contribution in [1.29, 1.82) is 0 Å². The van der Waals surface area contributed by atoms with Gasteiger partial charge in [-0.3, -0.25) is 20.2 Å². The topological polar surface area (TPSA) is 125 Å². The van der Waals surface area contributed by atoms with Crippen LogP contribution in [0.25, 0.3) is 0 Å². The minimum absolute atomic E-state index is 0.214. The molecule has 0 aliphatic heterocycles. The van der Waals surface area contributed by atoms with Gasteiger partial charge in [0, 0.05) is 17.8 Å². The summed E-state index contributed by atoms with van der Waals surface area (Å²) in [4.78, 5) is 31.2. The van der Waals surface area contributed by atoms with Crippen molar-refractivity contribution >= 4 is 23.0 Å². The van der Waals surface area contributed by atoms with Crippen LogP contribution >= 0.6 is 0 Å². The Bertz CT molecular complexity index is 545. The zero-order valence-electron chi connectivity index (χ0n) is 10.9. The van der Waals surface area contributed by atoms with Gasteiger partial charge < -0.3 is 10.1 Å². The number of carbonyl (C=O) groups is 1. The van der Waals surface area contributed by atoms with Crippen molar-refractivity contribution < 1.29 is 19.4 Å². The summed E-state index contributed by atoms with van der Waals surface area (Å²) < 4.78 is 4.77. The number of nitrogens with zero attached hydrogens (tertiary/aromatic N) is 2. The summed E-state index contributed by atoms with van der Waals surface area (Å²) in [7, 11) is 0.